The lowest BCUT2D eigenvalue weighted by atomic mass is 9.93. The van der Waals surface area contributed by atoms with Crippen molar-refractivity contribution in [1.29, 1.82) is 0 Å². The van der Waals surface area contributed by atoms with E-state index in [4.69, 9.17) is 0 Å². The van der Waals surface area contributed by atoms with Crippen molar-refractivity contribution in [2.45, 2.75) is 37.5 Å². The highest BCUT2D eigenvalue weighted by Gasteiger charge is 2.29. The molecule has 1 saturated carbocycles. The van der Waals surface area contributed by atoms with Crippen LogP contribution in [0.1, 0.15) is 30.9 Å². The second kappa shape index (κ2) is 7.49. The minimum absolute atomic E-state index is 0.137. The Morgan fingerprint density at radius 1 is 1.48 bits per heavy atom. The molecule has 1 aliphatic rings. The first kappa shape index (κ1) is 17.3. The number of aromatic nitrogens is 1. The van der Waals surface area contributed by atoms with Gasteiger partial charge in [0.25, 0.3) is 0 Å². The fourth-order valence-electron chi connectivity index (χ4n) is 2.05. The Kier molecular flexibility index (Phi) is 5.64. The number of nitrogens with zero attached hydrogens (tertiary/aromatic N) is 1. The van der Waals surface area contributed by atoms with E-state index in [0.717, 1.165) is 19.3 Å². The van der Waals surface area contributed by atoms with Gasteiger partial charge in [-0.25, -0.2) is 9.78 Å². The molecule has 1 fully saturated rings. The minimum atomic E-state index is -4.46. The predicted octanol–water partition coefficient (Wildman–Crippen LogP) is 1.91. The molecule has 2 rings (SSSR count). The summed E-state index contributed by atoms with van der Waals surface area (Å²) in [5.41, 5.74) is 0.406. The standard InChI is InChI=1S/C14H18F3N3O3/c15-14(16,17)8-23-12-6-9(4-5-18-12)11(7-21)20-13(22)19-10-2-1-3-10/h4-6,10-11,21H,1-3,7-8H2,(H2,19,20,22). The predicted molar refractivity (Wildman–Crippen MR) is 74.9 cm³/mol. The van der Waals surface area contributed by atoms with Crippen LogP contribution in [0.3, 0.4) is 0 Å². The number of alkyl halides is 3. The summed E-state index contributed by atoms with van der Waals surface area (Å²) in [5, 5.41) is 14.7. The van der Waals surface area contributed by atoms with Crippen molar-refractivity contribution in [2.24, 2.45) is 0 Å². The zero-order chi connectivity index (χ0) is 16.9. The number of nitrogens with one attached hydrogen (secondary N) is 2. The highest BCUT2D eigenvalue weighted by atomic mass is 19.4. The molecule has 0 aromatic carbocycles. The van der Waals surface area contributed by atoms with Crippen molar-refractivity contribution in [3.8, 4) is 5.88 Å². The van der Waals surface area contributed by atoms with Gasteiger partial charge in [0.15, 0.2) is 6.61 Å². The molecule has 1 unspecified atom stereocenters. The lowest BCUT2D eigenvalue weighted by molar-refractivity contribution is -0.154. The number of carbonyl (C=O) groups excluding carboxylic acids is 1. The van der Waals surface area contributed by atoms with Gasteiger partial charge in [-0.3, -0.25) is 0 Å². The Hall–Kier alpha value is -2.03. The van der Waals surface area contributed by atoms with Crippen molar-refractivity contribution in [2.75, 3.05) is 13.2 Å². The molecule has 0 saturated heterocycles. The molecule has 0 aliphatic heterocycles. The molecule has 0 bridgehead atoms. The fourth-order valence-corrected chi connectivity index (χ4v) is 2.05. The smallest absolute Gasteiger partial charge is 0.422 e. The SMILES string of the molecule is O=C(NC1CCC1)NC(CO)c1ccnc(OCC(F)(F)F)c1. The van der Waals surface area contributed by atoms with Crippen LogP contribution in [0.4, 0.5) is 18.0 Å². The van der Waals surface area contributed by atoms with Crippen LogP contribution in [-0.2, 0) is 0 Å². The topological polar surface area (TPSA) is 83.5 Å². The van der Waals surface area contributed by atoms with Gasteiger partial charge in [0.1, 0.15) is 0 Å². The van der Waals surface area contributed by atoms with E-state index in [-0.39, 0.29) is 11.9 Å². The third kappa shape index (κ3) is 5.59. The summed E-state index contributed by atoms with van der Waals surface area (Å²) in [6.07, 6.45) is -0.299. The second-order valence-corrected chi connectivity index (χ2v) is 5.31. The molecule has 1 aromatic heterocycles. The molecule has 128 valence electrons. The Morgan fingerprint density at radius 2 is 2.22 bits per heavy atom. The number of aliphatic hydroxyl groups is 1. The van der Waals surface area contributed by atoms with E-state index in [2.05, 4.69) is 20.4 Å². The summed E-state index contributed by atoms with van der Waals surface area (Å²) in [5.74, 6) is -0.223. The number of rotatable bonds is 6. The van der Waals surface area contributed by atoms with Crippen LogP contribution < -0.4 is 15.4 Å². The van der Waals surface area contributed by atoms with Crippen LogP contribution in [0.25, 0.3) is 0 Å². The molecule has 0 spiro atoms. The fraction of sp³-hybridized carbons (Fsp3) is 0.571. The number of aliphatic hydroxyl groups excluding tert-OH is 1. The van der Waals surface area contributed by atoms with Crippen molar-refractivity contribution < 1.29 is 27.8 Å². The van der Waals surface area contributed by atoms with Crippen molar-refractivity contribution in [3.63, 3.8) is 0 Å². The van der Waals surface area contributed by atoms with Gasteiger partial charge < -0.3 is 20.5 Å². The van der Waals surface area contributed by atoms with E-state index in [1.54, 1.807) is 0 Å². The van der Waals surface area contributed by atoms with Gasteiger partial charge in [-0.05, 0) is 30.9 Å². The molecule has 2 amide bonds. The van der Waals surface area contributed by atoms with Crippen LogP contribution in [0.2, 0.25) is 0 Å². The first-order valence-electron chi connectivity index (χ1n) is 7.21. The third-order valence-electron chi connectivity index (χ3n) is 3.47. The van der Waals surface area contributed by atoms with Gasteiger partial charge in [0.05, 0.1) is 12.6 Å². The minimum Gasteiger partial charge on any atom is -0.468 e. The number of halogens is 3. The molecule has 1 atom stereocenters. The molecule has 6 nitrogen and oxygen atoms in total. The Balaban J connectivity index is 1.95. The first-order chi connectivity index (χ1) is 10.9. The Labute approximate surface area is 131 Å². The van der Waals surface area contributed by atoms with E-state index < -0.39 is 31.5 Å². The molecular formula is C14H18F3N3O3. The van der Waals surface area contributed by atoms with E-state index in [0.29, 0.717) is 5.56 Å². The summed E-state index contributed by atoms with van der Waals surface area (Å²) in [7, 11) is 0. The van der Waals surface area contributed by atoms with Crippen molar-refractivity contribution in [1.82, 2.24) is 15.6 Å². The summed E-state index contributed by atoms with van der Waals surface area (Å²) in [6.45, 7) is -1.86. The van der Waals surface area contributed by atoms with Gasteiger partial charge in [-0.2, -0.15) is 13.2 Å². The van der Waals surface area contributed by atoms with Gasteiger partial charge in [-0.15, -0.1) is 0 Å². The number of hydrogen-bond acceptors (Lipinski definition) is 4. The van der Waals surface area contributed by atoms with E-state index >= 15 is 0 Å². The quantitative estimate of drug-likeness (QED) is 0.742. The molecule has 1 heterocycles. The maximum atomic E-state index is 12.1. The third-order valence-corrected chi connectivity index (χ3v) is 3.47. The summed E-state index contributed by atoms with van der Waals surface area (Å²) in [6, 6.07) is 1.70. The highest BCUT2D eigenvalue weighted by molar-refractivity contribution is 5.74. The zero-order valence-electron chi connectivity index (χ0n) is 12.3. The number of urea groups is 1. The Bertz CT molecular complexity index is 535. The zero-order valence-corrected chi connectivity index (χ0v) is 12.3. The van der Waals surface area contributed by atoms with Gasteiger partial charge >= 0.3 is 12.2 Å². The van der Waals surface area contributed by atoms with Gasteiger partial charge in [-0.1, -0.05) is 0 Å². The van der Waals surface area contributed by atoms with Crippen molar-refractivity contribution >= 4 is 6.03 Å². The van der Waals surface area contributed by atoms with Gasteiger partial charge in [0.2, 0.25) is 5.88 Å². The molecule has 3 N–H and O–H groups in total. The molecule has 1 aromatic rings. The lowest BCUT2D eigenvalue weighted by Gasteiger charge is -2.27. The van der Waals surface area contributed by atoms with E-state index in [9.17, 15) is 23.1 Å². The molecule has 23 heavy (non-hydrogen) atoms. The van der Waals surface area contributed by atoms with Crippen LogP contribution in [-0.4, -0.2) is 41.6 Å². The summed E-state index contributed by atoms with van der Waals surface area (Å²) in [4.78, 5) is 15.5. The lowest BCUT2D eigenvalue weighted by Crippen LogP contribution is -2.46. The molecule has 0 radical (unpaired) electrons. The molecule has 9 heteroatoms. The number of hydrogen-bond donors (Lipinski definition) is 3. The molecule has 1 aliphatic carbocycles. The summed E-state index contributed by atoms with van der Waals surface area (Å²) >= 11 is 0. The van der Waals surface area contributed by atoms with Crippen LogP contribution >= 0.6 is 0 Å². The largest absolute Gasteiger partial charge is 0.468 e. The normalized spacial score (nSPS) is 16.3. The number of carbonyl (C=O) groups is 1. The monoisotopic (exact) mass is 333 g/mol. The first-order valence-corrected chi connectivity index (χ1v) is 7.21. The summed E-state index contributed by atoms with van der Waals surface area (Å²) < 4.78 is 41.0. The highest BCUT2D eigenvalue weighted by Crippen LogP contribution is 2.21. The number of amides is 2. The average Bonchev–Trinajstić information content (AvgIpc) is 2.46. The second-order valence-electron chi connectivity index (χ2n) is 5.31. The maximum Gasteiger partial charge on any atom is 0.422 e. The van der Waals surface area contributed by atoms with E-state index in [1.165, 1.54) is 18.3 Å². The van der Waals surface area contributed by atoms with Gasteiger partial charge in [0, 0.05) is 18.3 Å². The van der Waals surface area contributed by atoms with Crippen LogP contribution in [0.15, 0.2) is 18.3 Å². The molecular weight excluding hydrogens is 315 g/mol. The van der Waals surface area contributed by atoms with Crippen LogP contribution in [0, 0.1) is 0 Å². The number of pyridine rings is 1. The average molecular weight is 333 g/mol. The number of ether oxygens (including phenoxy) is 1. The van der Waals surface area contributed by atoms with Crippen molar-refractivity contribution in [3.05, 3.63) is 23.9 Å². The van der Waals surface area contributed by atoms with Crippen LogP contribution in [0.5, 0.6) is 5.88 Å². The Morgan fingerprint density at radius 3 is 2.78 bits per heavy atom. The van der Waals surface area contributed by atoms with E-state index in [1.807, 2.05) is 0 Å². The maximum absolute atomic E-state index is 12.1.